The van der Waals surface area contributed by atoms with Gasteiger partial charge < -0.3 is 18.9 Å². The molecule has 2 rings (SSSR count). The molecule has 5 heteroatoms. The minimum atomic E-state index is -0.314. The minimum absolute atomic E-state index is 0.222. The van der Waals surface area contributed by atoms with E-state index in [1.165, 1.54) is 12.5 Å². The average molecular weight is 249 g/mol. The number of ether oxygens (including phenoxy) is 1. The molecule has 5 nitrogen and oxygen atoms in total. The lowest BCUT2D eigenvalue weighted by molar-refractivity contribution is 0.0882. The lowest BCUT2D eigenvalue weighted by Gasteiger charge is -2.15. The van der Waals surface area contributed by atoms with Crippen LogP contribution >= 0.6 is 0 Å². The second-order valence-corrected chi connectivity index (χ2v) is 3.94. The number of nitrogens with one attached hydrogen (secondary N) is 1. The molecule has 0 aliphatic carbocycles. The molecule has 1 N–H and O–H groups in total. The van der Waals surface area contributed by atoms with Crippen LogP contribution in [0.25, 0.3) is 0 Å². The highest BCUT2D eigenvalue weighted by atomic mass is 16.5. The van der Waals surface area contributed by atoms with Gasteiger partial charge in [-0.3, -0.25) is 4.79 Å². The molecule has 96 valence electrons. The van der Waals surface area contributed by atoms with E-state index >= 15 is 0 Å². The molecule has 0 saturated heterocycles. The van der Waals surface area contributed by atoms with E-state index in [1.807, 2.05) is 19.1 Å². The van der Waals surface area contributed by atoms with Gasteiger partial charge in [0.15, 0.2) is 0 Å². The predicted molar refractivity (Wildman–Crippen MR) is 64.2 cm³/mol. The predicted octanol–water partition coefficient (Wildman–Crippen LogP) is 2.30. The number of furan rings is 2. The van der Waals surface area contributed by atoms with Gasteiger partial charge in [0.2, 0.25) is 0 Å². The van der Waals surface area contributed by atoms with Crippen LogP contribution in [0.3, 0.4) is 0 Å². The first-order chi connectivity index (χ1) is 8.70. The summed E-state index contributed by atoms with van der Waals surface area (Å²) in [5, 5.41) is 2.83. The number of rotatable bonds is 5. The van der Waals surface area contributed by atoms with Gasteiger partial charge in [-0.05, 0) is 25.1 Å². The highest BCUT2D eigenvalue weighted by Gasteiger charge is 2.19. The van der Waals surface area contributed by atoms with Gasteiger partial charge in [0.05, 0.1) is 18.4 Å². The molecule has 2 heterocycles. The Labute approximate surface area is 105 Å². The van der Waals surface area contributed by atoms with E-state index in [1.54, 1.807) is 13.2 Å². The van der Waals surface area contributed by atoms with Crippen LogP contribution in [0.5, 0.6) is 0 Å². The molecular formula is C13H15NO4. The number of aryl methyl sites for hydroxylation is 1. The van der Waals surface area contributed by atoms with Gasteiger partial charge in [-0.15, -0.1) is 0 Å². The zero-order valence-electron chi connectivity index (χ0n) is 10.3. The Morgan fingerprint density at radius 2 is 2.28 bits per heavy atom. The number of methoxy groups -OCH3 is 1. The van der Waals surface area contributed by atoms with E-state index in [0.717, 1.165) is 5.76 Å². The number of hydrogen-bond acceptors (Lipinski definition) is 4. The number of carbonyl (C=O) groups excluding carboxylic acids is 1. The van der Waals surface area contributed by atoms with Gasteiger partial charge >= 0.3 is 0 Å². The average Bonchev–Trinajstić information content (AvgIpc) is 2.98. The quantitative estimate of drug-likeness (QED) is 0.883. The Morgan fingerprint density at radius 1 is 1.44 bits per heavy atom. The maximum Gasteiger partial charge on any atom is 0.255 e. The monoisotopic (exact) mass is 249 g/mol. The smallest absolute Gasteiger partial charge is 0.255 e. The molecule has 2 aromatic heterocycles. The Kier molecular flexibility index (Phi) is 3.84. The third kappa shape index (κ3) is 2.81. The zero-order chi connectivity index (χ0) is 13.0. The Hall–Kier alpha value is -2.01. The van der Waals surface area contributed by atoms with Gasteiger partial charge in [-0.1, -0.05) is 0 Å². The van der Waals surface area contributed by atoms with E-state index < -0.39 is 0 Å². The van der Waals surface area contributed by atoms with Crippen molar-refractivity contribution in [3.8, 4) is 0 Å². The summed E-state index contributed by atoms with van der Waals surface area (Å²) in [5.74, 6) is 1.25. The molecule has 18 heavy (non-hydrogen) atoms. The van der Waals surface area contributed by atoms with Crippen LogP contribution in [-0.2, 0) is 4.74 Å². The topological polar surface area (TPSA) is 64.6 Å². The zero-order valence-corrected chi connectivity index (χ0v) is 10.3. The number of hydrogen-bond donors (Lipinski definition) is 1. The van der Waals surface area contributed by atoms with Gasteiger partial charge in [-0.2, -0.15) is 0 Å². The minimum Gasteiger partial charge on any atom is -0.472 e. The second-order valence-electron chi connectivity index (χ2n) is 3.94. The summed E-state index contributed by atoms with van der Waals surface area (Å²) in [4.78, 5) is 11.9. The first-order valence-corrected chi connectivity index (χ1v) is 5.59. The van der Waals surface area contributed by atoms with E-state index in [-0.39, 0.29) is 11.9 Å². The SMILES string of the molecule is COC[C@H](NC(=O)c1ccoc1)c1ccc(C)o1. The molecule has 0 saturated carbocycles. The first kappa shape index (κ1) is 12.4. The summed E-state index contributed by atoms with van der Waals surface area (Å²) in [5.41, 5.74) is 0.472. The molecular weight excluding hydrogens is 234 g/mol. The van der Waals surface area contributed by atoms with Crippen LogP contribution in [0.15, 0.2) is 39.6 Å². The largest absolute Gasteiger partial charge is 0.472 e. The molecule has 1 amide bonds. The molecule has 0 aliphatic rings. The van der Waals surface area contributed by atoms with Crippen molar-refractivity contribution >= 4 is 5.91 Å². The normalized spacial score (nSPS) is 12.3. The fraction of sp³-hybridized carbons (Fsp3) is 0.308. The third-order valence-electron chi connectivity index (χ3n) is 2.53. The Balaban J connectivity index is 2.09. The molecule has 1 atom stereocenters. The summed E-state index contributed by atoms with van der Waals surface area (Å²) in [6, 6.07) is 4.97. The molecule has 2 aromatic rings. The van der Waals surface area contributed by atoms with Crippen molar-refractivity contribution in [3.05, 3.63) is 47.8 Å². The van der Waals surface area contributed by atoms with Crippen LogP contribution in [0.4, 0.5) is 0 Å². The summed E-state index contributed by atoms with van der Waals surface area (Å²) < 4.78 is 15.5. The summed E-state index contributed by atoms with van der Waals surface area (Å²) in [6.07, 6.45) is 2.85. The number of carbonyl (C=O) groups is 1. The second kappa shape index (κ2) is 5.55. The van der Waals surface area contributed by atoms with Gasteiger partial charge in [-0.25, -0.2) is 0 Å². The van der Waals surface area contributed by atoms with E-state index in [9.17, 15) is 4.79 Å². The van der Waals surface area contributed by atoms with Crippen molar-refractivity contribution in [1.29, 1.82) is 0 Å². The molecule has 0 radical (unpaired) electrons. The van der Waals surface area contributed by atoms with Crippen LogP contribution in [-0.4, -0.2) is 19.6 Å². The van der Waals surface area contributed by atoms with Crippen molar-refractivity contribution in [2.24, 2.45) is 0 Å². The van der Waals surface area contributed by atoms with Crippen LogP contribution in [0.1, 0.15) is 27.9 Å². The van der Waals surface area contributed by atoms with Crippen LogP contribution in [0, 0.1) is 6.92 Å². The highest BCUT2D eigenvalue weighted by molar-refractivity contribution is 5.93. The van der Waals surface area contributed by atoms with Gasteiger partial charge in [0.1, 0.15) is 23.8 Å². The Morgan fingerprint density at radius 3 is 2.83 bits per heavy atom. The van der Waals surface area contributed by atoms with E-state index in [0.29, 0.717) is 17.9 Å². The summed E-state index contributed by atoms with van der Waals surface area (Å²) in [6.45, 7) is 2.20. The van der Waals surface area contributed by atoms with Crippen molar-refractivity contribution < 1.29 is 18.4 Å². The highest BCUT2D eigenvalue weighted by Crippen LogP contribution is 2.17. The van der Waals surface area contributed by atoms with Gasteiger partial charge in [0, 0.05) is 7.11 Å². The van der Waals surface area contributed by atoms with Crippen LogP contribution < -0.4 is 5.32 Å². The van der Waals surface area contributed by atoms with Gasteiger partial charge in [0.25, 0.3) is 5.91 Å². The first-order valence-electron chi connectivity index (χ1n) is 5.59. The molecule has 0 aromatic carbocycles. The van der Waals surface area contributed by atoms with E-state index in [4.69, 9.17) is 13.6 Å². The lowest BCUT2D eigenvalue weighted by Crippen LogP contribution is -2.30. The van der Waals surface area contributed by atoms with Crippen LogP contribution in [0.2, 0.25) is 0 Å². The number of amides is 1. The molecule has 0 aliphatic heterocycles. The lowest BCUT2D eigenvalue weighted by atomic mass is 10.2. The van der Waals surface area contributed by atoms with Crippen molar-refractivity contribution in [1.82, 2.24) is 5.32 Å². The molecule has 0 bridgehead atoms. The Bertz CT molecular complexity index is 501. The van der Waals surface area contributed by atoms with Crippen molar-refractivity contribution in [2.45, 2.75) is 13.0 Å². The fourth-order valence-corrected chi connectivity index (χ4v) is 1.64. The molecule has 0 unspecified atom stereocenters. The summed E-state index contributed by atoms with van der Waals surface area (Å²) in [7, 11) is 1.58. The van der Waals surface area contributed by atoms with Crippen molar-refractivity contribution in [3.63, 3.8) is 0 Å². The molecule has 0 spiro atoms. The maximum atomic E-state index is 11.9. The maximum absolute atomic E-state index is 11.9. The standard InChI is InChI=1S/C13H15NO4/c1-9-3-4-12(18-9)11(8-16-2)14-13(15)10-5-6-17-7-10/h3-7,11H,8H2,1-2H3,(H,14,15)/t11-/m0/s1. The van der Waals surface area contributed by atoms with E-state index in [2.05, 4.69) is 5.32 Å². The third-order valence-corrected chi connectivity index (χ3v) is 2.53. The fourth-order valence-electron chi connectivity index (χ4n) is 1.64. The molecule has 0 fully saturated rings. The van der Waals surface area contributed by atoms with Crippen molar-refractivity contribution in [2.75, 3.05) is 13.7 Å². The summed E-state index contributed by atoms with van der Waals surface area (Å²) >= 11 is 0.